The van der Waals surface area contributed by atoms with Gasteiger partial charge in [-0.3, -0.25) is 9.88 Å². The Morgan fingerprint density at radius 3 is 2.42 bits per heavy atom. The Balaban J connectivity index is 0.000000828. The fourth-order valence-electron chi connectivity index (χ4n) is 4.74. The molecule has 0 aliphatic carbocycles. The SMILES string of the molecule is Cc1c(N2CCN(CC=O)CC2)nc2cc(F)cc(F)c2c1Nc1cncc(N2CCOCC2)c1.O=C([O-])O.[Na+]. The number of morpholine rings is 1. The van der Waals surface area contributed by atoms with Crippen LogP contribution in [-0.2, 0) is 9.53 Å². The van der Waals surface area contributed by atoms with E-state index in [1.54, 1.807) is 12.4 Å². The molecule has 208 valence electrons. The number of fused-ring (bicyclic) bond motifs is 1. The van der Waals surface area contributed by atoms with Crippen LogP contribution in [0.5, 0.6) is 0 Å². The normalized spacial score (nSPS) is 15.6. The van der Waals surface area contributed by atoms with Gasteiger partial charge in [0, 0.05) is 57.0 Å². The van der Waals surface area contributed by atoms with Gasteiger partial charge in [0.05, 0.1) is 60.1 Å². The van der Waals surface area contributed by atoms with Gasteiger partial charge in [-0.1, -0.05) is 0 Å². The number of pyridine rings is 2. The van der Waals surface area contributed by atoms with Gasteiger partial charge in [-0.2, -0.15) is 0 Å². The zero-order valence-corrected chi connectivity index (χ0v) is 24.4. The van der Waals surface area contributed by atoms with Crippen molar-refractivity contribution < 1.29 is 62.9 Å². The Bertz CT molecular complexity index is 1330. The summed E-state index contributed by atoms with van der Waals surface area (Å²) in [6, 6.07) is 4.12. The van der Waals surface area contributed by atoms with Gasteiger partial charge in [0.2, 0.25) is 6.16 Å². The summed E-state index contributed by atoms with van der Waals surface area (Å²) in [5, 5.41) is 18.9. The molecule has 3 aromatic rings. The molecule has 0 bridgehead atoms. The third-order valence-corrected chi connectivity index (χ3v) is 6.59. The number of hydrogen-bond donors (Lipinski definition) is 2. The number of piperazine rings is 1. The number of nitrogens with zero attached hydrogens (tertiary/aromatic N) is 5. The third-order valence-electron chi connectivity index (χ3n) is 6.59. The number of aromatic nitrogens is 2. The summed E-state index contributed by atoms with van der Waals surface area (Å²) in [5.41, 5.74) is 3.21. The zero-order chi connectivity index (χ0) is 27.9. The van der Waals surface area contributed by atoms with E-state index < -0.39 is 17.8 Å². The van der Waals surface area contributed by atoms with Crippen molar-refractivity contribution >= 4 is 46.2 Å². The van der Waals surface area contributed by atoms with Crippen molar-refractivity contribution in [2.75, 3.05) is 74.1 Å². The molecule has 2 fully saturated rings. The van der Waals surface area contributed by atoms with Gasteiger partial charge in [-0.25, -0.2) is 13.8 Å². The Morgan fingerprint density at radius 2 is 1.77 bits per heavy atom. The van der Waals surface area contributed by atoms with E-state index in [0.29, 0.717) is 63.1 Å². The van der Waals surface area contributed by atoms with E-state index in [-0.39, 0.29) is 40.5 Å². The van der Waals surface area contributed by atoms with Crippen molar-refractivity contribution in [3.8, 4) is 0 Å². The van der Waals surface area contributed by atoms with Crippen molar-refractivity contribution in [1.29, 1.82) is 0 Å². The molecule has 0 atom stereocenters. The first-order valence-electron chi connectivity index (χ1n) is 12.4. The second kappa shape index (κ2) is 14.5. The number of nitrogens with one attached hydrogen (secondary N) is 1. The molecule has 1 aromatic carbocycles. The zero-order valence-electron chi connectivity index (χ0n) is 22.4. The average Bonchev–Trinajstić information content (AvgIpc) is 2.91. The largest absolute Gasteiger partial charge is 1.00 e. The van der Waals surface area contributed by atoms with Crippen LogP contribution in [-0.4, -0.2) is 91.4 Å². The quantitative estimate of drug-likeness (QED) is 0.281. The topological polar surface area (TPSA) is 134 Å². The molecule has 5 rings (SSSR count). The van der Waals surface area contributed by atoms with Gasteiger partial charge >= 0.3 is 29.6 Å². The number of rotatable bonds is 6. The van der Waals surface area contributed by atoms with Crippen LogP contribution in [0.25, 0.3) is 10.9 Å². The maximum Gasteiger partial charge on any atom is 1.00 e. The minimum Gasteiger partial charge on any atom is -0.565 e. The molecule has 0 saturated carbocycles. The van der Waals surface area contributed by atoms with Crippen LogP contribution in [0.1, 0.15) is 5.56 Å². The summed E-state index contributed by atoms with van der Waals surface area (Å²) in [6.45, 7) is 7.91. The van der Waals surface area contributed by atoms with Gasteiger partial charge < -0.3 is 39.7 Å². The minimum absolute atomic E-state index is 0. The average molecular weight is 567 g/mol. The molecule has 2 aromatic heterocycles. The minimum atomic E-state index is -2.08. The molecule has 2 saturated heterocycles. The molecule has 11 nitrogen and oxygen atoms in total. The molecule has 2 aliphatic rings. The first-order valence-corrected chi connectivity index (χ1v) is 12.4. The maximum absolute atomic E-state index is 15.1. The number of hydrogen-bond acceptors (Lipinski definition) is 10. The monoisotopic (exact) mass is 566 g/mol. The van der Waals surface area contributed by atoms with Crippen LogP contribution >= 0.6 is 0 Å². The Kier molecular flexibility index (Phi) is 11.4. The molecule has 2 N–H and O–H groups in total. The van der Waals surface area contributed by atoms with Crippen molar-refractivity contribution in [2.45, 2.75) is 6.92 Å². The number of carboxylic acid groups (broad SMARTS) is 2. The second-order valence-corrected chi connectivity index (χ2v) is 9.09. The van der Waals surface area contributed by atoms with Crippen LogP contribution in [0, 0.1) is 18.6 Å². The number of anilines is 4. The molecule has 4 heterocycles. The van der Waals surface area contributed by atoms with Crippen LogP contribution in [0.15, 0.2) is 30.6 Å². The molecule has 40 heavy (non-hydrogen) atoms. The van der Waals surface area contributed by atoms with Crippen LogP contribution < -0.4 is 49.8 Å². The Hall–Kier alpha value is -3.10. The second-order valence-electron chi connectivity index (χ2n) is 9.09. The van der Waals surface area contributed by atoms with Crippen molar-refractivity contribution in [3.63, 3.8) is 0 Å². The van der Waals surface area contributed by atoms with Crippen molar-refractivity contribution in [3.05, 3.63) is 47.8 Å². The number of benzene rings is 1. The van der Waals surface area contributed by atoms with E-state index in [1.807, 2.05) is 13.0 Å². The summed E-state index contributed by atoms with van der Waals surface area (Å²) >= 11 is 0. The molecule has 0 radical (unpaired) electrons. The molecular formula is C26H29F2N6NaO5. The van der Waals surface area contributed by atoms with Gasteiger partial charge in [-0.05, 0) is 13.0 Å². The van der Waals surface area contributed by atoms with E-state index in [1.165, 1.54) is 6.07 Å². The van der Waals surface area contributed by atoms with E-state index in [0.717, 1.165) is 36.7 Å². The van der Waals surface area contributed by atoms with Gasteiger partial charge in [0.25, 0.3) is 0 Å². The first-order chi connectivity index (χ1) is 18.8. The molecule has 0 spiro atoms. The molecular weight excluding hydrogens is 537 g/mol. The summed E-state index contributed by atoms with van der Waals surface area (Å²) in [6.07, 6.45) is 2.31. The standard InChI is InChI=1S/C25H28F2N6O2.CH2O3.Na/c1-17-24(29-19-14-20(16-28-15-19)32-7-10-35-11-8-32)23-21(27)12-18(26)13-22(23)30-25(17)33-4-2-31(3-5-33)6-9-34;2-1(3)4;/h9,12-16H,2-8,10-11H2,1H3,(H,29,30);(H2,2,3,4);/q;;+1/p-1. The van der Waals surface area contributed by atoms with Crippen molar-refractivity contribution in [2.24, 2.45) is 0 Å². The molecule has 0 unspecified atom stereocenters. The summed E-state index contributed by atoms with van der Waals surface area (Å²) < 4.78 is 34.6. The van der Waals surface area contributed by atoms with Crippen molar-refractivity contribution in [1.82, 2.24) is 14.9 Å². The molecule has 2 aliphatic heterocycles. The number of aldehydes is 1. The number of ether oxygens (including phenoxy) is 1. The van der Waals surface area contributed by atoms with Gasteiger partial charge in [-0.15, -0.1) is 0 Å². The smallest absolute Gasteiger partial charge is 0.565 e. The fourth-order valence-corrected chi connectivity index (χ4v) is 4.74. The van der Waals surface area contributed by atoms with Gasteiger partial charge in [0.1, 0.15) is 23.7 Å². The predicted molar refractivity (Wildman–Crippen MR) is 140 cm³/mol. The van der Waals surface area contributed by atoms with E-state index in [2.05, 4.69) is 30.0 Å². The Labute approximate surface area is 252 Å². The number of carbonyl (C=O) groups excluding carboxylic acids is 1. The van der Waals surface area contributed by atoms with E-state index in [9.17, 15) is 9.18 Å². The summed E-state index contributed by atoms with van der Waals surface area (Å²) in [5.74, 6) is -0.666. The molecule has 0 amide bonds. The summed E-state index contributed by atoms with van der Waals surface area (Å²) in [7, 11) is 0. The number of carbonyl (C=O) groups is 2. The third kappa shape index (κ3) is 7.76. The molecule has 14 heteroatoms. The summed E-state index contributed by atoms with van der Waals surface area (Å²) in [4.78, 5) is 34.7. The van der Waals surface area contributed by atoms with E-state index in [4.69, 9.17) is 19.7 Å². The maximum atomic E-state index is 15.1. The van der Waals surface area contributed by atoms with Crippen LogP contribution in [0.2, 0.25) is 0 Å². The van der Waals surface area contributed by atoms with Crippen LogP contribution in [0.3, 0.4) is 0 Å². The predicted octanol–water partition coefficient (Wildman–Crippen LogP) is -0.991. The first kappa shape index (κ1) is 31.4. The van der Waals surface area contributed by atoms with Gasteiger partial charge in [0.15, 0.2) is 0 Å². The van der Waals surface area contributed by atoms with Crippen LogP contribution in [0.4, 0.5) is 36.5 Å². The number of halogens is 2. The Morgan fingerprint density at radius 1 is 1.10 bits per heavy atom. The van der Waals surface area contributed by atoms with E-state index >= 15 is 4.39 Å². The fraction of sp³-hybridized carbons (Fsp3) is 0.385.